The summed E-state index contributed by atoms with van der Waals surface area (Å²) in [7, 11) is 0. The van der Waals surface area contributed by atoms with E-state index in [0.29, 0.717) is 30.6 Å². The van der Waals surface area contributed by atoms with E-state index >= 15 is 0 Å². The fourth-order valence-electron chi connectivity index (χ4n) is 5.48. The fraction of sp³-hybridized carbons (Fsp3) is 0.548. The number of ketones is 1. The molecule has 1 aromatic carbocycles. The minimum absolute atomic E-state index is 0.0677. The van der Waals surface area contributed by atoms with Crippen LogP contribution in [0.2, 0.25) is 0 Å². The third-order valence-corrected chi connectivity index (χ3v) is 7.96. The monoisotopic (exact) mass is 565 g/mol. The molecule has 9 heteroatoms. The SMILES string of the molecule is C=C1CCC(F)(F)CN1CC(CC/C=C/C)CC(=O)C1CCC(C(C)C(F)(F)F)=C(N=C(N)c2ccccc2)C1. The highest BCUT2D eigenvalue weighted by atomic mass is 19.4. The zero-order chi connectivity index (χ0) is 29.5. The van der Waals surface area contributed by atoms with Crippen LogP contribution in [0.4, 0.5) is 22.0 Å². The topological polar surface area (TPSA) is 58.7 Å². The van der Waals surface area contributed by atoms with Crippen LogP contribution in [0.3, 0.4) is 0 Å². The molecule has 1 fully saturated rings. The summed E-state index contributed by atoms with van der Waals surface area (Å²) in [5, 5.41) is 0. The number of rotatable bonds is 11. The van der Waals surface area contributed by atoms with Crippen LogP contribution in [0.5, 0.6) is 0 Å². The second-order valence-electron chi connectivity index (χ2n) is 11.0. The second-order valence-corrected chi connectivity index (χ2v) is 11.0. The van der Waals surface area contributed by atoms with Crippen LogP contribution in [0.25, 0.3) is 0 Å². The number of hydrogen-bond acceptors (Lipinski definition) is 3. The highest BCUT2D eigenvalue weighted by Gasteiger charge is 2.42. The van der Waals surface area contributed by atoms with Crippen molar-refractivity contribution in [1.82, 2.24) is 4.90 Å². The Morgan fingerprint density at radius 1 is 1.25 bits per heavy atom. The number of piperidine rings is 1. The van der Waals surface area contributed by atoms with Gasteiger partial charge in [-0.05, 0) is 63.9 Å². The van der Waals surface area contributed by atoms with E-state index in [1.165, 1.54) is 0 Å². The predicted molar refractivity (Wildman–Crippen MR) is 149 cm³/mol. The molecule has 0 radical (unpaired) electrons. The lowest BCUT2D eigenvalue weighted by Crippen LogP contribution is -2.43. The molecular weight excluding hydrogens is 525 g/mol. The molecule has 3 atom stereocenters. The summed E-state index contributed by atoms with van der Waals surface area (Å²) >= 11 is 0. The molecule has 0 spiro atoms. The van der Waals surface area contributed by atoms with Crippen molar-refractivity contribution >= 4 is 11.6 Å². The van der Waals surface area contributed by atoms with E-state index in [0.717, 1.165) is 6.92 Å². The van der Waals surface area contributed by atoms with Crippen LogP contribution >= 0.6 is 0 Å². The van der Waals surface area contributed by atoms with Gasteiger partial charge in [-0.15, -0.1) is 0 Å². The Morgan fingerprint density at radius 3 is 2.60 bits per heavy atom. The quantitative estimate of drug-likeness (QED) is 0.129. The minimum atomic E-state index is -4.44. The number of allylic oxidation sites excluding steroid dienone is 5. The lowest BCUT2D eigenvalue weighted by Gasteiger charge is -2.38. The summed E-state index contributed by atoms with van der Waals surface area (Å²) in [6.45, 7) is 6.84. The van der Waals surface area contributed by atoms with Gasteiger partial charge in [0.15, 0.2) is 0 Å². The molecule has 0 saturated carbocycles. The lowest BCUT2D eigenvalue weighted by atomic mass is 9.78. The molecule has 2 aliphatic rings. The first-order chi connectivity index (χ1) is 18.8. The van der Waals surface area contributed by atoms with E-state index in [2.05, 4.69) is 11.6 Å². The van der Waals surface area contributed by atoms with Crippen molar-refractivity contribution < 1.29 is 26.7 Å². The maximum Gasteiger partial charge on any atom is 0.395 e. The largest absolute Gasteiger partial charge is 0.395 e. The first kappa shape index (κ1) is 31.6. The standard InChI is InChI=1S/C31H40F5N3O/c1-4-5-7-10-23(19-39-20-30(32,33)16-15-21(39)2)17-28(40)25-13-14-26(22(3)31(34,35)36)27(18-25)38-29(37)24-11-8-6-9-12-24/h4-6,8-9,11-12,22-23,25H,2,7,10,13-20H2,1,3H3,(H2,37,38)/b5-4+. The van der Waals surface area contributed by atoms with Gasteiger partial charge in [-0.2, -0.15) is 13.2 Å². The summed E-state index contributed by atoms with van der Waals surface area (Å²) in [4.78, 5) is 19.6. The summed E-state index contributed by atoms with van der Waals surface area (Å²) in [5.41, 5.74) is 7.78. The maximum atomic E-state index is 14.1. The minimum Gasteiger partial charge on any atom is -0.383 e. The third kappa shape index (κ3) is 8.77. The second kappa shape index (κ2) is 13.6. The zero-order valence-corrected chi connectivity index (χ0v) is 23.3. The van der Waals surface area contributed by atoms with Crippen molar-refractivity contribution in [2.24, 2.45) is 28.5 Å². The third-order valence-electron chi connectivity index (χ3n) is 7.96. The molecule has 2 N–H and O–H groups in total. The lowest BCUT2D eigenvalue weighted by molar-refractivity contribution is -0.160. The van der Waals surface area contributed by atoms with E-state index in [4.69, 9.17) is 5.73 Å². The van der Waals surface area contributed by atoms with Crippen LogP contribution in [0.15, 0.2) is 71.0 Å². The molecule has 3 unspecified atom stereocenters. The van der Waals surface area contributed by atoms with Crippen molar-refractivity contribution in [2.45, 2.75) is 77.3 Å². The van der Waals surface area contributed by atoms with Gasteiger partial charge in [0.05, 0.1) is 12.5 Å². The van der Waals surface area contributed by atoms with E-state index in [9.17, 15) is 26.7 Å². The molecule has 1 aromatic rings. The van der Waals surface area contributed by atoms with Crippen LogP contribution < -0.4 is 5.73 Å². The van der Waals surface area contributed by atoms with Crippen LogP contribution in [-0.4, -0.2) is 41.7 Å². The number of hydrogen-bond donors (Lipinski definition) is 1. The van der Waals surface area contributed by atoms with Gasteiger partial charge in [-0.25, -0.2) is 13.8 Å². The van der Waals surface area contributed by atoms with Gasteiger partial charge in [0.25, 0.3) is 5.92 Å². The molecule has 4 nitrogen and oxygen atoms in total. The number of benzene rings is 1. The number of halogens is 5. The van der Waals surface area contributed by atoms with Gasteiger partial charge in [0.1, 0.15) is 11.6 Å². The molecule has 0 amide bonds. The number of alkyl halides is 5. The van der Waals surface area contributed by atoms with Crippen molar-refractivity contribution in [3.63, 3.8) is 0 Å². The van der Waals surface area contributed by atoms with E-state index in [1.807, 2.05) is 19.1 Å². The Labute approximate surface area is 233 Å². The molecule has 0 bridgehead atoms. The smallest absolute Gasteiger partial charge is 0.383 e. The van der Waals surface area contributed by atoms with Crippen LogP contribution in [0, 0.1) is 17.8 Å². The molecule has 220 valence electrons. The predicted octanol–water partition coefficient (Wildman–Crippen LogP) is 7.82. The van der Waals surface area contributed by atoms with Crippen molar-refractivity contribution in [3.8, 4) is 0 Å². The average molecular weight is 566 g/mol. The Kier molecular flexibility index (Phi) is 10.7. The molecule has 0 aromatic heterocycles. The van der Waals surface area contributed by atoms with Crippen LogP contribution in [-0.2, 0) is 4.79 Å². The Hall–Kier alpha value is -2.97. The van der Waals surface area contributed by atoms with Gasteiger partial charge in [0.2, 0.25) is 0 Å². The Balaban J connectivity index is 1.81. The highest BCUT2D eigenvalue weighted by Crippen LogP contribution is 2.42. The highest BCUT2D eigenvalue weighted by molar-refractivity contribution is 5.98. The molecular formula is C31H40F5N3O. The van der Waals surface area contributed by atoms with Gasteiger partial charge < -0.3 is 10.6 Å². The van der Waals surface area contributed by atoms with Crippen molar-refractivity contribution in [2.75, 3.05) is 13.1 Å². The summed E-state index contributed by atoms with van der Waals surface area (Å²) in [5.74, 6) is -5.18. The molecule has 1 saturated heterocycles. The summed E-state index contributed by atoms with van der Waals surface area (Å²) in [6.07, 6.45) is 1.37. The average Bonchev–Trinajstić information content (AvgIpc) is 2.90. The number of carbonyl (C=O) groups is 1. The van der Waals surface area contributed by atoms with Gasteiger partial charge >= 0.3 is 6.18 Å². The molecule has 1 heterocycles. The maximum absolute atomic E-state index is 14.1. The van der Waals surface area contributed by atoms with Crippen molar-refractivity contribution in [3.05, 3.63) is 71.6 Å². The van der Waals surface area contributed by atoms with E-state index in [-0.39, 0.29) is 67.3 Å². The Bertz CT molecular complexity index is 1120. The van der Waals surface area contributed by atoms with E-state index in [1.54, 1.807) is 35.2 Å². The number of amidine groups is 1. The van der Waals surface area contributed by atoms with Crippen molar-refractivity contribution in [1.29, 1.82) is 0 Å². The molecule has 1 aliphatic heterocycles. The Morgan fingerprint density at radius 2 is 1.95 bits per heavy atom. The number of Topliss-reactive ketones (excluding diaryl/α,β-unsaturated/α-hetero) is 1. The summed E-state index contributed by atoms with van der Waals surface area (Å²) < 4.78 is 69.4. The van der Waals surface area contributed by atoms with Gasteiger partial charge in [0, 0.05) is 42.3 Å². The number of likely N-dealkylation sites (tertiary alicyclic amines) is 1. The molecule has 3 rings (SSSR count). The number of aliphatic imine (C=N–C) groups is 1. The fourth-order valence-corrected chi connectivity index (χ4v) is 5.48. The zero-order valence-electron chi connectivity index (χ0n) is 23.3. The van der Waals surface area contributed by atoms with Gasteiger partial charge in [-0.1, -0.05) is 49.1 Å². The van der Waals surface area contributed by atoms with Gasteiger partial charge in [-0.3, -0.25) is 4.79 Å². The summed E-state index contributed by atoms with van der Waals surface area (Å²) in [6, 6.07) is 8.78. The number of carbonyl (C=O) groups excluding carboxylic acids is 1. The molecule has 1 aliphatic carbocycles. The number of nitrogens with two attached hydrogens (primary N) is 1. The van der Waals surface area contributed by atoms with E-state index < -0.39 is 30.5 Å². The first-order valence-corrected chi connectivity index (χ1v) is 13.9. The molecule has 40 heavy (non-hydrogen) atoms. The number of nitrogens with zero attached hydrogens (tertiary/aromatic N) is 2. The first-order valence-electron chi connectivity index (χ1n) is 13.9. The van der Waals surface area contributed by atoms with Crippen LogP contribution in [0.1, 0.15) is 70.8 Å². The normalized spacial score (nSPS) is 22.1.